The summed E-state index contributed by atoms with van der Waals surface area (Å²) >= 11 is 0. The van der Waals surface area contributed by atoms with Crippen molar-refractivity contribution < 1.29 is 38.1 Å². The first-order chi connectivity index (χ1) is 9.35. The van der Waals surface area contributed by atoms with E-state index in [1.165, 1.54) is 27.9 Å². The van der Waals surface area contributed by atoms with E-state index in [4.69, 9.17) is 23.7 Å². The normalized spacial score (nSPS) is 28.8. The van der Waals surface area contributed by atoms with Crippen molar-refractivity contribution in [3.05, 3.63) is 0 Å². The molecule has 0 radical (unpaired) electrons. The maximum atomic E-state index is 11.1. The second-order valence-electron chi connectivity index (χ2n) is 4.23. The molecule has 1 fully saturated rings. The van der Waals surface area contributed by atoms with E-state index >= 15 is 0 Å². The topological polar surface area (TPSA) is 97.4 Å². The largest absolute Gasteiger partial charge is 0.463 e. The lowest BCUT2D eigenvalue weighted by atomic mass is 10.1. The maximum Gasteiger partial charge on any atom is 0.303 e. The molecule has 0 amide bonds. The van der Waals surface area contributed by atoms with Crippen molar-refractivity contribution in [1.29, 1.82) is 0 Å². The van der Waals surface area contributed by atoms with Gasteiger partial charge >= 0.3 is 17.9 Å². The van der Waals surface area contributed by atoms with Crippen LogP contribution >= 0.6 is 0 Å². The minimum Gasteiger partial charge on any atom is -0.463 e. The minimum absolute atomic E-state index is 0.134. The molecule has 1 saturated heterocycles. The van der Waals surface area contributed by atoms with Crippen LogP contribution < -0.4 is 0 Å². The number of rotatable bonds is 5. The third-order valence-electron chi connectivity index (χ3n) is 2.55. The average Bonchev–Trinajstić information content (AvgIpc) is 2.63. The highest BCUT2D eigenvalue weighted by Crippen LogP contribution is 2.27. The summed E-state index contributed by atoms with van der Waals surface area (Å²) in [6.07, 6.45) is -3.48. The SMILES string of the molecule is CO[C@@H]1O[C@H](COC(C)=O)[C@@H](OC(C)=O)[C@@H]1OC(C)=O. The van der Waals surface area contributed by atoms with Crippen LogP contribution in [0.3, 0.4) is 0 Å². The van der Waals surface area contributed by atoms with Gasteiger partial charge in [0, 0.05) is 27.9 Å². The Morgan fingerprint density at radius 1 is 0.950 bits per heavy atom. The van der Waals surface area contributed by atoms with Crippen LogP contribution in [0.2, 0.25) is 0 Å². The first-order valence-electron chi connectivity index (χ1n) is 6.01. The summed E-state index contributed by atoms with van der Waals surface area (Å²) in [5.41, 5.74) is 0. The Hall–Kier alpha value is -1.67. The van der Waals surface area contributed by atoms with Crippen LogP contribution in [0.5, 0.6) is 0 Å². The number of carbonyl (C=O) groups excluding carboxylic acids is 3. The number of methoxy groups -OCH3 is 1. The Morgan fingerprint density at radius 3 is 1.95 bits per heavy atom. The van der Waals surface area contributed by atoms with E-state index in [-0.39, 0.29) is 6.61 Å². The summed E-state index contributed by atoms with van der Waals surface area (Å²) in [6, 6.07) is 0. The van der Waals surface area contributed by atoms with E-state index in [0.717, 1.165) is 0 Å². The smallest absolute Gasteiger partial charge is 0.303 e. The molecule has 0 aliphatic carbocycles. The summed E-state index contributed by atoms with van der Waals surface area (Å²) in [7, 11) is 1.36. The van der Waals surface area contributed by atoms with Crippen LogP contribution in [0, 0.1) is 0 Å². The summed E-state index contributed by atoms with van der Waals surface area (Å²) in [5, 5.41) is 0. The number of carbonyl (C=O) groups is 3. The fraction of sp³-hybridized carbons (Fsp3) is 0.750. The van der Waals surface area contributed by atoms with E-state index in [1.54, 1.807) is 0 Å². The molecular formula is C12H18O8. The summed E-state index contributed by atoms with van der Waals surface area (Å²) in [6.45, 7) is 3.54. The Morgan fingerprint density at radius 2 is 1.50 bits per heavy atom. The lowest BCUT2D eigenvalue weighted by Crippen LogP contribution is -2.41. The van der Waals surface area contributed by atoms with Gasteiger partial charge in [0.1, 0.15) is 12.7 Å². The number of esters is 3. The lowest BCUT2D eigenvalue weighted by Gasteiger charge is -2.22. The van der Waals surface area contributed by atoms with E-state index in [9.17, 15) is 14.4 Å². The zero-order valence-corrected chi connectivity index (χ0v) is 11.8. The molecule has 1 rings (SSSR count). The van der Waals surface area contributed by atoms with Gasteiger partial charge in [-0.1, -0.05) is 0 Å². The monoisotopic (exact) mass is 290 g/mol. The Labute approximate surface area is 116 Å². The Bertz CT molecular complexity index is 380. The molecule has 0 N–H and O–H groups in total. The van der Waals surface area contributed by atoms with Gasteiger partial charge in [0.05, 0.1) is 0 Å². The van der Waals surface area contributed by atoms with Crippen molar-refractivity contribution in [3.8, 4) is 0 Å². The Balaban J connectivity index is 2.84. The first kappa shape index (κ1) is 16.4. The maximum absolute atomic E-state index is 11.1. The van der Waals surface area contributed by atoms with Crippen molar-refractivity contribution in [1.82, 2.24) is 0 Å². The fourth-order valence-electron chi connectivity index (χ4n) is 1.87. The molecule has 20 heavy (non-hydrogen) atoms. The molecule has 1 aliphatic rings. The molecule has 0 aromatic heterocycles. The molecule has 114 valence electrons. The standard InChI is InChI=1S/C12H18O8/c1-6(13)17-5-9-10(18-7(2)14)11(19-8(3)15)12(16-4)20-9/h9-12H,5H2,1-4H3/t9-,10-,11+,12-/m1/s1. The van der Waals surface area contributed by atoms with Crippen molar-refractivity contribution in [3.63, 3.8) is 0 Å². The van der Waals surface area contributed by atoms with Gasteiger partial charge in [-0.05, 0) is 0 Å². The van der Waals surface area contributed by atoms with Crippen LogP contribution in [-0.2, 0) is 38.1 Å². The van der Waals surface area contributed by atoms with Gasteiger partial charge in [-0.3, -0.25) is 14.4 Å². The molecule has 0 saturated carbocycles. The zero-order valence-electron chi connectivity index (χ0n) is 11.8. The third kappa shape index (κ3) is 4.46. The van der Waals surface area contributed by atoms with Gasteiger partial charge in [-0.2, -0.15) is 0 Å². The molecule has 1 heterocycles. The molecule has 1 aliphatic heterocycles. The van der Waals surface area contributed by atoms with Crippen LogP contribution in [0.1, 0.15) is 20.8 Å². The van der Waals surface area contributed by atoms with E-state index in [0.29, 0.717) is 0 Å². The van der Waals surface area contributed by atoms with Crippen molar-refractivity contribution in [2.75, 3.05) is 13.7 Å². The minimum atomic E-state index is -0.915. The quantitative estimate of drug-likeness (QED) is 0.506. The van der Waals surface area contributed by atoms with Crippen LogP contribution in [0.15, 0.2) is 0 Å². The number of ether oxygens (including phenoxy) is 5. The van der Waals surface area contributed by atoms with Gasteiger partial charge in [0.15, 0.2) is 18.5 Å². The zero-order chi connectivity index (χ0) is 15.3. The van der Waals surface area contributed by atoms with Gasteiger partial charge in [0.25, 0.3) is 0 Å². The molecule has 0 aromatic rings. The highest BCUT2D eigenvalue weighted by molar-refractivity contribution is 5.67. The fourth-order valence-corrected chi connectivity index (χ4v) is 1.87. The summed E-state index contributed by atoms with van der Waals surface area (Å²) in [4.78, 5) is 33.1. The summed E-state index contributed by atoms with van der Waals surface area (Å²) in [5.74, 6) is -1.63. The third-order valence-corrected chi connectivity index (χ3v) is 2.55. The van der Waals surface area contributed by atoms with Gasteiger partial charge < -0.3 is 23.7 Å². The molecule has 0 bridgehead atoms. The molecule has 8 nitrogen and oxygen atoms in total. The van der Waals surface area contributed by atoms with Gasteiger partial charge in [0.2, 0.25) is 0 Å². The van der Waals surface area contributed by atoms with E-state index in [1.807, 2.05) is 0 Å². The molecule has 0 unspecified atom stereocenters. The second-order valence-corrected chi connectivity index (χ2v) is 4.23. The van der Waals surface area contributed by atoms with E-state index < -0.39 is 42.5 Å². The van der Waals surface area contributed by atoms with Gasteiger partial charge in [-0.25, -0.2) is 0 Å². The highest BCUT2D eigenvalue weighted by atomic mass is 16.7. The second kappa shape index (κ2) is 7.20. The average molecular weight is 290 g/mol. The predicted octanol–water partition coefficient (Wildman–Crippen LogP) is -0.216. The summed E-state index contributed by atoms with van der Waals surface area (Å²) < 4.78 is 25.5. The first-order valence-corrected chi connectivity index (χ1v) is 6.01. The van der Waals surface area contributed by atoms with Crippen LogP contribution in [0.25, 0.3) is 0 Å². The molecule has 0 aromatic carbocycles. The lowest BCUT2D eigenvalue weighted by molar-refractivity contribution is -0.181. The molecular weight excluding hydrogens is 272 g/mol. The highest BCUT2D eigenvalue weighted by Gasteiger charge is 2.49. The number of hydrogen-bond acceptors (Lipinski definition) is 8. The predicted molar refractivity (Wildman–Crippen MR) is 63.4 cm³/mol. The molecule has 0 spiro atoms. The number of hydrogen-bond donors (Lipinski definition) is 0. The molecule has 8 heteroatoms. The van der Waals surface area contributed by atoms with Crippen LogP contribution in [-0.4, -0.2) is 56.2 Å². The van der Waals surface area contributed by atoms with Crippen LogP contribution in [0.4, 0.5) is 0 Å². The van der Waals surface area contributed by atoms with Gasteiger partial charge in [-0.15, -0.1) is 0 Å². The Kier molecular flexibility index (Phi) is 5.90. The molecule has 4 atom stereocenters. The van der Waals surface area contributed by atoms with Crippen molar-refractivity contribution >= 4 is 17.9 Å². The van der Waals surface area contributed by atoms with E-state index in [2.05, 4.69) is 0 Å². The van der Waals surface area contributed by atoms with Crippen molar-refractivity contribution in [2.45, 2.75) is 45.4 Å². The van der Waals surface area contributed by atoms with Crippen molar-refractivity contribution in [2.24, 2.45) is 0 Å².